The van der Waals surface area contributed by atoms with Crippen LogP contribution in [0.4, 0.5) is 0 Å². The third kappa shape index (κ3) is 4.32. The van der Waals surface area contributed by atoms with Crippen molar-refractivity contribution in [1.29, 1.82) is 0 Å². The fourth-order valence-electron chi connectivity index (χ4n) is 3.76. The highest BCUT2D eigenvalue weighted by Gasteiger charge is 2.17. The van der Waals surface area contributed by atoms with E-state index in [1.54, 1.807) is 30.2 Å². The number of pyridine rings is 1. The maximum Gasteiger partial charge on any atom is 0.336 e. The topological polar surface area (TPSA) is 73.8 Å². The van der Waals surface area contributed by atoms with Crippen molar-refractivity contribution in [3.63, 3.8) is 0 Å². The second kappa shape index (κ2) is 9.03. The average molecular weight is 455 g/mol. The Balaban J connectivity index is 1.56. The van der Waals surface area contributed by atoms with Crippen molar-refractivity contribution < 1.29 is 4.42 Å². The van der Waals surface area contributed by atoms with Crippen molar-refractivity contribution in [2.75, 3.05) is 0 Å². The van der Waals surface area contributed by atoms with E-state index in [9.17, 15) is 4.79 Å². The number of hydrogen-bond donors (Lipinski definition) is 0. The molecule has 0 bridgehead atoms. The monoisotopic (exact) mass is 454 g/mol. The van der Waals surface area contributed by atoms with Crippen LogP contribution < -0.4 is 5.63 Å². The van der Waals surface area contributed by atoms with E-state index >= 15 is 0 Å². The molecule has 0 atom stereocenters. The quantitative estimate of drug-likeness (QED) is 0.246. The van der Waals surface area contributed by atoms with E-state index < -0.39 is 0 Å². The molecule has 3 aromatic heterocycles. The molecule has 0 unspecified atom stereocenters. The molecule has 5 rings (SSSR count). The molecule has 0 N–H and O–H groups in total. The fraction of sp³-hybridized carbons (Fsp3) is 0.154. The first kappa shape index (κ1) is 21.2. The van der Waals surface area contributed by atoms with E-state index in [-0.39, 0.29) is 5.63 Å². The second-order valence-corrected chi connectivity index (χ2v) is 8.72. The minimum atomic E-state index is -0.349. The van der Waals surface area contributed by atoms with Gasteiger partial charge in [0, 0.05) is 40.8 Å². The van der Waals surface area contributed by atoms with Crippen molar-refractivity contribution in [1.82, 2.24) is 19.7 Å². The third-order valence-electron chi connectivity index (χ3n) is 5.52. The Morgan fingerprint density at radius 3 is 2.52 bits per heavy atom. The zero-order valence-electron chi connectivity index (χ0n) is 18.4. The Morgan fingerprint density at radius 2 is 1.76 bits per heavy atom. The Hall–Kier alpha value is -3.71. The minimum absolute atomic E-state index is 0.349. The Labute approximate surface area is 195 Å². The minimum Gasteiger partial charge on any atom is -0.423 e. The first-order valence-corrected chi connectivity index (χ1v) is 11.7. The molecule has 33 heavy (non-hydrogen) atoms. The molecule has 0 fully saturated rings. The second-order valence-electron chi connectivity index (χ2n) is 7.78. The molecular formula is C26H22N4O2S. The maximum absolute atomic E-state index is 12.1. The highest BCUT2D eigenvalue weighted by atomic mass is 32.2. The molecule has 0 radical (unpaired) electrons. The maximum atomic E-state index is 12.1. The number of aryl methyl sites for hydroxylation is 2. The fourth-order valence-corrected chi connectivity index (χ4v) is 4.71. The van der Waals surface area contributed by atoms with Crippen LogP contribution in [0.25, 0.3) is 28.0 Å². The molecule has 7 heteroatoms. The third-order valence-corrected chi connectivity index (χ3v) is 6.49. The number of benzene rings is 2. The van der Waals surface area contributed by atoms with Crippen LogP contribution in [0.1, 0.15) is 23.6 Å². The predicted molar refractivity (Wildman–Crippen MR) is 131 cm³/mol. The molecule has 0 spiro atoms. The molecule has 0 saturated carbocycles. The zero-order chi connectivity index (χ0) is 22.8. The van der Waals surface area contributed by atoms with Crippen molar-refractivity contribution in [3.05, 3.63) is 100 Å². The average Bonchev–Trinajstić information content (AvgIpc) is 3.26. The molecule has 164 valence electrons. The molecule has 0 amide bonds. The van der Waals surface area contributed by atoms with Gasteiger partial charge in [-0.2, -0.15) is 0 Å². The van der Waals surface area contributed by atoms with Crippen molar-refractivity contribution >= 4 is 22.7 Å². The summed E-state index contributed by atoms with van der Waals surface area (Å²) in [6.07, 6.45) is 4.47. The summed E-state index contributed by atoms with van der Waals surface area (Å²) in [5.41, 5.74) is 5.40. The van der Waals surface area contributed by atoms with Gasteiger partial charge >= 0.3 is 5.63 Å². The summed E-state index contributed by atoms with van der Waals surface area (Å²) in [5, 5.41) is 10.7. The summed E-state index contributed by atoms with van der Waals surface area (Å²) in [5.74, 6) is 1.31. The van der Waals surface area contributed by atoms with Crippen molar-refractivity contribution in [2.45, 2.75) is 31.2 Å². The lowest BCUT2D eigenvalue weighted by molar-refractivity contribution is 0.559. The van der Waals surface area contributed by atoms with Gasteiger partial charge in [0.25, 0.3) is 0 Å². The van der Waals surface area contributed by atoms with Gasteiger partial charge < -0.3 is 4.42 Å². The van der Waals surface area contributed by atoms with Gasteiger partial charge in [0.15, 0.2) is 11.0 Å². The number of hydrogen-bond acceptors (Lipinski definition) is 6. The van der Waals surface area contributed by atoms with Crippen LogP contribution in [0.2, 0.25) is 0 Å². The molecule has 3 heterocycles. The summed E-state index contributed by atoms with van der Waals surface area (Å²) in [7, 11) is 0. The highest BCUT2D eigenvalue weighted by Crippen LogP contribution is 2.31. The lowest BCUT2D eigenvalue weighted by Crippen LogP contribution is -2.02. The normalized spacial score (nSPS) is 11.2. The lowest BCUT2D eigenvalue weighted by Gasteiger charge is -2.11. The van der Waals surface area contributed by atoms with Crippen LogP contribution in [0.5, 0.6) is 0 Å². The Morgan fingerprint density at radius 1 is 0.970 bits per heavy atom. The summed E-state index contributed by atoms with van der Waals surface area (Å²) in [6, 6.07) is 19.8. The van der Waals surface area contributed by atoms with Gasteiger partial charge in [0.2, 0.25) is 0 Å². The number of aromatic nitrogens is 4. The van der Waals surface area contributed by atoms with E-state index in [1.165, 1.54) is 5.56 Å². The van der Waals surface area contributed by atoms with Crippen LogP contribution in [0, 0.1) is 6.92 Å². The van der Waals surface area contributed by atoms with Gasteiger partial charge in [-0.25, -0.2) is 4.79 Å². The molecule has 2 aromatic carbocycles. The van der Waals surface area contributed by atoms with Gasteiger partial charge in [-0.1, -0.05) is 43.0 Å². The Kier molecular flexibility index (Phi) is 5.79. The van der Waals surface area contributed by atoms with Crippen molar-refractivity contribution in [2.24, 2.45) is 0 Å². The van der Waals surface area contributed by atoms with Gasteiger partial charge in [-0.05, 0) is 60.4 Å². The molecule has 0 saturated heterocycles. The van der Waals surface area contributed by atoms with Crippen LogP contribution in [-0.2, 0) is 12.2 Å². The van der Waals surface area contributed by atoms with E-state index in [4.69, 9.17) is 4.42 Å². The van der Waals surface area contributed by atoms with Crippen LogP contribution in [-0.4, -0.2) is 19.7 Å². The molecule has 0 aliphatic carbocycles. The first-order chi connectivity index (χ1) is 16.1. The standard InChI is InChI=1S/C26H22N4O2S/c1-3-18-5-7-21(8-6-18)30-25(19-10-12-27-13-11-19)28-29-26(30)33-16-20-15-24(31)32-23-14-17(2)4-9-22(20)23/h4-15H,3,16H2,1-2H3. The summed E-state index contributed by atoms with van der Waals surface area (Å²) in [4.78, 5) is 16.3. The summed E-state index contributed by atoms with van der Waals surface area (Å²) < 4.78 is 7.46. The van der Waals surface area contributed by atoms with Crippen LogP contribution in [0.15, 0.2) is 87.4 Å². The van der Waals surface area contributed by atoms with E-state index in [1.807, 2.05) is 37.3 Å². The number of fused-ring (bicyclic) bond motifs is 1. The number of thioether (sulfide) groups is 1. The number of nitrogens with zero attached hydrogens (tertiary/aromatic N) is 4. The summed E-state index contributed by atoms with van der Waals surface area (Å²) in [6.45, 7) is 4.12. The van der Waals surface area contributed by atoms with Crippen molar-refractivity contribution in [3.8, 4) is 17.1 Å². The van der Waals surface area contributed by atoms with Gasteiger partial charge in [0.1, 0.15) is 5.58 Å². The SMILES string of the molecule is CCc1ccc(-n2c(SCc3cc(=O)oc4cc(C)ccc34)nnc2-c2ccncc2)cc1. The zero-order valence-corrected chi connectivity index (χ0v) is 19.2. The van der Waals surface area contributed by atoms with Gasteiger partial charge in [0.05, 0.1) is 0 Å². The molecular weight excluding hydrogens is 432 g/mol. The Bertz CT molecular complexity index is 1470. The van der Waals surface area contributed by atoms with Gasteiger partial charge in [-0.3, -0.25) is 9.55 Å². The predicted octanol–water partition coefficient (Wildman–Crippen LogP) is 5.60. The molecule has 0 aliphatic heterocycles. The first-order valence-electron chi connectivity index (χ1n) is 10.7. The van der Waals surface area contributed by atoms with Gasteiger partial charge in [-0.15, -0.1) is 10.2 Å². The van der Waals surface area contributed by atoms with E-state index in [0.29, 0.717) is 11.3 Å². The smallest absolute Gasteiger partial charge is 0.336 e. The lowest BCUT2D eigenvalue weighted by atomic mass is 10.1. The highest BCUT2D eigenvalue weighted by molar-refractivity contribution is 7.98. The molecule has 0 aliphatic rings. The van der Waals surface area contributed by atoms with E-state index in [0.717, 1.165) is 45.2 Å². The van der Waals surface area contributed by atoms with E-state index in [2.05, 4.69) is 50.9 Å². The summed E-state index contributed by atoms with van der Waals surface area (Å²) >= 11 is 1.54. The number of rotatable bonds is 6. The largest absolute Gasteiger partial charge is 0.423 e. The molecule has 5 aromatic rings. The van der Waals surface area contributed by atoms with Crippen LogP contribution >= 0.6 is 11.8 Å². The van der Waals surface area contributed by atoms with Crippen LogP contribution in [0.3, 0.4) is 0 Å². The molecule has 6 nitrogen and oxygen atoms in total.